The molecule has 1 aromatic carbocycles. The number of hydrogen-bond donors (Lipinski definition) is 2. The topological polar surface area (TPSA) is 68.4 Å². The summed E-state index contributed by atoms with van der Waals surface area (Å²) >= 11 is 0. The Labute approximate surface area is 146 Å². The molecular weight excluding hydrogens is 298 g/mol. The van der Waals surface area contributed by atoms with E-state index in [-0.39, 0.29) is 6.04 Å². The zero-order valence-corrected chi connectivity index (χ0v) is 14.9. The molecule has 4 N–H and O–H groups in total. The van der Waals surface area contributed by atoms with Crippen molar-refractivity contribution in [3.8, 4) is 0 Å². The first-order chi connectivity index (χ1) is 11.6. The van der Waals surface area contributed by atoms with E-state index in [1.165, 1.54) is 12.0 Å². The lowest BCUT2D eigenvalue weighted by Gasteiger charge is -2.24. The number of hydrogen-bond acceptors (Lipinski definition) is 4. The highest BCUT2D eigenvalue weighted by atomic mass is 16.3. The summed E-state index contributed by atoms with van der Waals surface area (Å²) in [5, 5.41) is 0. The van der Waals surface area contributed by atoms with Crippen LogP contribution in [-0.4, -0.2) is 24.5 Å². The third-order valence-electron chi connectivity index (χ3n) is 3.69. The highest BCUT2D eigenvalue weighted by Gasteiger charge is 2.10. The third kappa shape index (κ3) is 7.02. The van der Waals surface area contributed by atoms with Crippen LogP contribution in [0.5, 0.6) is 0 Å². The van der Waals surface area contributed by atoms with Crippen LogP contribution < -0.4 is 11.5 Å². The quantitative estimate of drug-likeness (QED) is 0.767. The summed E-state index contributed by atoms with van der Waals surface area (Å²) < 4.78 is 5.32. The van der Waals surface area contributed by atoms with Gasteiger partial charge in [0.05, 0.1) is 12.0 Å². The Bertz CT molecular complexity index is 550. The number of nitrogens with zero attached hydrogens (tertiary/aromatic N) is 1. The molecule has 0 radical (unpaired) electrons. The molecule has 24 heavy (non-hydrogen) atoms. The molecule has 0 amide bonds. The molecule has 0 fully saturated rings. The largest absolute Gasteiger partial charge is 0.463 e. The van der Waals surface area contributed by atoms with Gasteiger partial charge >= 0.3 is 0 Å². The summed E-state index contributed by atoms with van der Waals surface area (Å²) in [6.07, 6.45) is 3.99. The Morgan fingerprint density at radius 1 is 1.17 bits per heavy atom. The van der Waals surface area contributed by atoms with E-state index >= 15 is 0 Å². The van der Waals surface area contributed by atoms with Gasteiger partial charge < -0.3 is 20.8 Å². The molecule has 0 saturated carbocycles. The molecule has 0 spiro atoms. The maximum absolute atomic E-state index is 5.61. The van der Waals surface area contributed by atoms with Gasteiger partial charge in [0, 0.05) is 25.7 Å². The van der Waals surface area contributed by atoms with E-state index in [0.29, 0.717) is 6.54 Å². The van der Waals surface area contributed by atoms with E-state index in [9.17, 15) is 0 Å². The van der Waals surface area contributed by atoms with Crippen LogP contribution >= 0.6 is 0 Å². The molecule has 0 aliphatic rings. The highest BCUT2D eigenvalue weighted by Crippen LogP contribution is 2.17. The predicted molar refractivity (Wildman–Crippen MR) is 102 cm³/mol. The number of unbranched alkanes of at least 4 members (excludes halogenated alkanes) is 1. The van der Waals surface area contributed by atoms with Crippen molar-refractivity contribution in [2.24, 2.45) is 11.5 Å². The first-order valence-corrected chi connectivity index (χ1v) is 8.58. The van der Waals surface area contributed by atoms with Gasteiger partial charge in [-0.2, -0.15) is 0 Å². The summed E-state index contributed by atoms with van der Waals surface area (Å²) in [4.78, 5) is 2.18. The van der Waals surface area contributed by atoms with E-state index in [2.05, 4.69) is 18.4 Å². The SMILES string of the molecule is C=C(c1ccco1)N(CCN)CCCC.CC(N)c1ccccc1. The number of rotatable bonds is 8. The predicted octanol–water partition coefficient (Wildman–Crippen LogP) is 4.02. The van der Waals surface area contributed by atoms with E-state index in [4.69, 9.17) is 15.9 Å². The van der Waals surface area contributed by atoms with Gasteiger partial charge in [-0.05, 0) is 31.0 Å². The summed E-state index contributed by atoms with van der Waals surface area (Å²) in [6.45, 7) is 10.7. The molecule has 1 heterocycles. The second-order valence-corrected chi connectivity index (χ2v) is 5.75. The zero-order valence-electron chi connectivity index (χ0n) is 14.9. The Balaban J connectivity index is 0.000000272. The van der Waals surface area contributed by atoms with E-state index < -0.39 is 0 Å². The lowest BCUT2D eigenvalue weighted by atomic mass is 10.1. The molecule has 0 aliphatic carbocycles. The molecule has 0 saturated heterocycles. The van der Waals surface area contributed by atoms with Gasteiger partial charge in [0.15, 0.2) is 0 Å². The van der Waals surface area contributed by atoms with Gasteiger partial charge in [-0.1, -0.05) is 50.3 Å². The van der Waals surface area contributed by atoms with Crippen LogP contribution in [0, 0.1) is 0 Å². The van der Waals surface area contributed by atoms with Gasteiger partial charge in [0.25, 0.3) is 0 Å². The van der Waals surface area contributed by atoms with Crippen LogP contribution in [0.1, 0.15) is 44.1 Å². The average molecular weight is 329 g/mol. The molecule has 4 heteroatoms. The second-order valence-electron chi connectivity index (χ2n) is 5.75. The van der Waals surface area contributed by atoms with Crippen LogP contribution in [0.4, 0.5) is 0 Å². The molecular formula is C20H31N3O. The van der Waals surface area contributed by atoms with Gasteiger partial charge in [-0.3, -0.25) is 0 Å². The fourth-order valence-corrected chi connectivity index (χ4v) is 2.24. The van der Waals surface area contributed by atoms with Crippen LogP contribution in [0.25, 0.3) is 5.70 Å². The fraction of sp³-hybridized carbons (Fsp3) is 0.400. The molecule has 1 aromatic heterocycles. The van der Waals surface area contributed by atoms with Crippen molar-refractivity contribution < 1.29 is 4.42 Å². The first kappa shape index (κ1) is 20.0. The van der Waals surface area contributed by atoms with Gasteiger partial charge in [-0.25, -0.2) is 0 Å². The van der Waals surface area contributed by atoms with Crippen molar-refractivity contribution in [2.75, 3.05) is 19.6 Å². The van der Waals surface area contributed by atoms with Crippen molar-refractivity contribution in [1.82, 2.24) is 4.90 Å². The molecule has 0 aliphatic heterocycles. The van der Waals surface area contributed by atoms with Crippen molar-refractivity contribution in [3.05, 3.63) is 66.6 Å². The number of furan rings is 1. The summed E-state index contributed by atoms with van der Waals surface area (Å²) in [7, 11) is 0. The van der Waals surface area contributed by atoms with Crippen molar-refractivity contribution in [1.29, 1.82) is 0 Å². The standard InChI is InChI=1S/C12H20N2O.C8H11N/c1-3-4-8-14(9-7-13)11(2)12-6-5-10-15-12;1-7(9)8-5-3-2-4-6-8/h5-6,10H,2-4,7-9,13H2,1H3;2-7H,9H2,1H3. The van der Waals surface area contributed by atoms with Crippen molar-refractivity contribution in [2.45, 2.75) is 32.7 Å². The number of nitrogens with two attached hydrogens (primary N) is 2. The van der Waals surface area contributed by atoms with E-state index in [0.717, 1.165) is 31.0 Å². The minimum atomic E-state index is 0.159. The molecule has 0 bridgehead atoms. The highest BCUT2D eigenvalue weighted by molar-refractivity contribution is 5.56. The molecule has 2 rings (SSSR count). The molecule has 1 atom stereocenters. The lowest BCUT2D eigenvalue weighted by molar-refractivity contribution is 0.384. The maximum atomic E-state index is 5.61. The van der Waals surface area contributed by atoms with Crippen LogP contribution in [0.3, 0.4) is 0 Å². The van der Waals surface area contributed by atoms with Gasteiger partial charge in [0.2, 0.25) is 0 Å². The van der Waals surface area contributed by atoms with Gasteiger partial charge in [-0.15, -0.1) is 0 Å². The van der Waals surface area contributed by atoms with Crippen molar-refractivity contribution >= 4 is 5.70 Å². The minimum Gasteiger partial charge on any atom is -0.463 e. The normalized spacial score (nSPS) is 11.3. The van der Waals surface area contributed by atoms with Gasteiger partial charge in [0.1, 0.15) is 5.76 Å². The molecule has 1 unspecified atom stereocenters. The Hall–Kier alpha value is -2.04. The second kappa shape index (κ2) is 11.5. The maximum Gasteiger partial charge on any atom is 0.149 e. The molecule has 4 nitrogen and oxygen atoms in total. The van der Waals surface area contributed by atoms with Crippen LogP contribution in [-0.2, 0) is 0 Å². The molecule has 2 aromatic rings. The van der Waals surface area contributed by atoms with E-state index in [1.54, 1.807) is 6.26 Å². The molecule has 132 valence electrons. The van der Waals surface area contributed by atoms with Crippen LogP contribution in [0.15, 0.2) is 59.7 Å². The number of benzene rings is 1. The summed E-state index contributed by atoms with van der Waals surface area (Å²) in [6, 6.07) is 14.0. The van der Waals surface area contributed by atoms with Crippen LogP contribution in [0.2, 0.25) is 0 Å². The summed E-state index contributed by atoms with van der Waals surface area (Å²) in [5.74, 6) is 0.833. The monoisotopic (exact) mass is 329 g/mol. The fourth-order valence-electron chi connectivity index (χ4n) is 2.24. The smallest absolute Gasteiger partial charge is 0.149 e. The summed E-state index contributed by atoms with van der Waals surface area (Å²) in [5.41, 5.74) is 13.3. The first-order valence-electron chi connectivity index (χ1n) is 8.58. The zero-order chi connectivity index (χ0) is 17.8. The van der Waals surface area contributed by atoms with Crippen molar-refractivity contribution in [3.63, 3.8) is 0 Å². The third-order valence-corrected chi connectivity index (χ3v) is 3.69. The minimum absolute atomic E-state index is 0.159. The Kier molecular flexibility index (Phi) is 9.58. The lowest BCUT2D eigenvalue weighted by Crippen LogP contribution is -2.28. The Morgan fingerprint density at radius 2 is 1.88 bits per heavy atom. The van der Waals surface area contributed by atoms with E-state index in [1.807, 2.05) is 49.4 Å². The average Bonchev–Trinajstić information content (AvgIpc) is 3.14. The Morgan fingerprint density at radius 3 is 2.33 bits per heavy atom.